The molecule has 1 N–H and O–H groups in total. The molecular weight excluding hydrogens is 298 g/mol. The fourth-order valence-electron chi connectivity index (χ4n) is 3.14. The first kappa shape index (κ1) is 15.0. The number of carbonyl (C=O) groups excluding carboxylic acids is 1. The molecule has 1 atom stereocenters. The van der Waals surface area contributed by atoms with Gasteiger partial charge in [0.25, 0.3) is 0 Å². The molecule has 1 aliphatic rings. The highest BCUT2D eigenvalue weighted by atomic mass is 35.5. The first-order valence-corrected chi connectivity index (χ1v) is 7.97. The van der Waals surface area contributed by atoms with Crippen molar-refractivity contribution in [3.05, 3.63) is 52.8 Å². The minimum Gasteiger partial charge on any atom is -0.345 e. The first-order valence-electron chi connectivity index (χ1n) is 7.59. The van der Waals surface area contributed by atoms with Gasteiger partial charge >= 0.3 is 6.03 Å². The second-order valence-electron chi connectivity index (χ2n) is 5.61. The van der Waals surface area contributed by atoms with Crippen molar-refractivity contribution in [1.29, 1.82) is 0 Å². The number of nitrogens with one attached hydrogen (secondary N) is 1. The van der Waals surface area contributed by atoms with Crippen molar-refractivity contribution in [2.45, 2.75) is 32.9 Å². The van der Waals surface area contributed by atoms with Crippen LogP contribution in [0, 0.1) is 6.92 Å². The Labute approximate surface area is 135 Å². The lowest BCUT2D eigenvalue weighted by Gasteiger charge is -2.37. The number of nitrogens with zero attached hydrogens (tertiary/aromatic N) is 2. The average molecular weight is 318 g/mol. The van der Waals surface area contributed by atoms with Crippen LogP contribution in [0.25, 0.3) is 0 Å². The number of anilines is 1. The number of rotatable bonds is 2. The largest absolute Gasteiger partial charge is 0.345 e. The van der Waals surface area contributed by atoms with E-state index < -0.39 is 0 Å². The van der Waals surface area contributed by atoms with Gasteiger partial charge in [0.1, 0.15) is 0 Å². The minimum atomic E-state index is -0.0702. The summed E-state index contributed by atoms with van der Waals surface area (Å²) in [5.41, 5.74) is 3.19. The van der Waals surface area contributed by atoms with E-state index in [1.807, 2.05) is 17.0 Å². The molecule has 1 aliphatic heterocycles. The van der Waals surface area contributed by atoms with Gasteiger partial charge in [-0.15, -0.1) is 0 Å². The van der Waals surface area contributed by atoms with Gasteiger partial charge in [0.15, 0.2) is 0 Å². The molecule has 2 aromatic rings. The number of halogens is 1. The molecule has 0 bridgehead atoms. The van der Waals surface area contributed by atoms with Crippen LogP contribution in [0.15, 0.2) is 36.4 Å². The van der Waals surface area contributed by atoms with Crippen LogP contribution < -0.4 is 5.32 Å². The molecule has 1 aromatic carbocycles. The Morgan fingerprint density at radius 2 is 2.14 bits per heavy atom. The molecule has 116 valence electrons. The van der Waals surface area contributed by atoms with Crippen molar-refractivity contribution in [2.75, 3.05) is 11.9 Å². The van der Waals surface area contributed by atoms with Crippen molar-refractivity contribution in [3.8, 4) is 0 Å². The average Bonchev–Trinajstić information content (AvgIpc) is 2.88. The fraction of sp³-hybridized carbons (Fsp3) is 0.353. The summed E-state index contributed by atoms with van der Waals surface area (Å²) in [6.07, 6.45) is 0.895. The molecular formula is C17H20ClN3O. The molecule has 2 amide bonds. The minimum absolute atomic E-state index is 0.0702. The van der Waals surface area contributed by atoms with Crippen LogP contribution in [0.4, 0.5) is 10.5 Å². The number of hydrogen-bond donors (Lipinski definition) is 1. The molecule has 3 rings (SSSR count). The third kappa shape index (κ3) is 2.71. The molecule has 4 nitrogen and oxygen atoms in total. The van der Waals surface area contributed by atoms with E-state index in [-0.39, 0.29) is 12.1 Å². The van der Waals surface area contributed by atoms with Gasteiger partial charge in [0, 0.05) is 35.2 Å². The Balaban J connectivity index is 1.81. The maximum atomic E-state index is 12.6. The molecule has 1 unspecified atom stereocenters. The summed E-state index contributed by atoms with van der Waals surface area (Å²) in [6.45, 7) is 5.78. The maximum absolute atomic E-state index is 12.6. The Morgan fingerprint density at radius 3 is 2.86 bits per heavy atom. The van der Waals surface area contributed by atoms with E-state index >= 15 is 0 Å². The van der Waals surface area contributed by atoms with Gasteiger partial charge in [0.2, 0.25) is 0 Å². The SMILES string of the molecule is CCC1c2ccc(C)n2CCN1C(=O)Nc1cccc(Cl)c1. The molecule has 1 aromatic heterocycles. The number of amides is 2. The highest BCUT2D eigenvalue weighted by Crippen LogP contribution is 2.30. The zero-order chi connectivity index (χ0) is 15.7. The summed E-state index contributed by atoms with van der Waals surface area (Å²) in [6, 6.07) is 11.5. The van der Waals surface area contributed by atoms with Crippen LogP contribution >= 0.6 is 11.6 Å². The van der Waals surface area contributed by atoms with E-state index in [0.29, 0.717) is 11.6 Å². The summed E-state index contributed by atoms with van der Waals surface area (Å²) in [4.78, 5) is 14.5. The van der Waals surface area contributed by atoms with Gasteiger partial charge in [-0.1, -0.05) is 24.6 Å². The lowest BCUT2D eigenvalue weighted by atomic mass is 10.1. The number of benzene rings is 1. The van der Waals surface area contributed by atoms with Crippen molar-refractivity contribution in [2.24, 2.45) is 0 Å². The molecule has 5 heteroatoms. The lowest BCUT2D eigenvalue weighted by Crippen LogP contribution is -2.44. The number of urea groups is 1. The van der Waals surface area contributed by atoms with Crippen LogP contribution in [-0.4, -0.2) is 22.0 Å². The first-order chi connectivity index (χ1) is 10.6. The number of aryl methyl sites for hydroxylation is 1. The predicted molar refractivity (Wildman–Crippen MR) is 89.4 cm³/mol. The van der Waals surface area contributed by atoms with E-state index in [1.165, 1.54) is 11.4 Å². The van der Waals surface area contributed by atoms with E-state index in [9.17, 15) is 4.79 Å². The summed E-state index contributed by atoms with van der Waals surface area (Å²) in [5.74, 6) is 0. The second kappa shape index (κ2) is 6.05. The highest BCUT2D eigenvalue weighted by molar-refractivity contribution is 6.30. The molecule has 0 spiro atoms. The smallest absolute Gasteiger partial charge is 0.322 e. The quantitative estimate of drug-likeness (QED) is 0.873. The standard InChI is InChI=1S/C17H20ClN3O/c1-3-15-16-8-7-12(2)20(16)9-10-21(15)17(22)19-14-6-4-5-13(18)11-14/h4-8,11,15H,3,9-10H2,1-2H3,(H,19,22). The van der Waals surface area contributed by atoms with Crippen LogP contribution in [0.5, 0.6) is 0 Å². The molecule has 0 saturated heterocycles. The van der Waals surface area contributed by atoms with Crippen LogP contribution in [0.1, 0.15) is 30.8 Å². The number of aromatic nitrogens is 1. The Kier molecular flexibility index (Phi) is 4.12. The zero-order valence-electron chi connectivity index (χ0n) is 12.8. The molecule has 22 heavy (non-hydrogen) atoms. The van der Waals surface area contributed by atoms with Gasteiger partial charge in [0.05, 0.1) is 6.04 Å². The Morgan fingerprint density at radius 1 is 1.32 bits per heavy atom. The van der Waals surface area contributed by atoms with Crippen LogP contribution in [0.2, 0.25) is 5.02 Å². The molecule has 0 radical (unpaired) electrons. The molecule has 0 aliphatic carbocycles. The van der Waals surface area contributed by atoms with Gasteiger partial charge in [-0.3, -0.25) is 0 Å². The van der Waals surface area contributed by atoms with Crippen molar-refractivity contribution in [3.63, 3.8) is 0 Å². The van der Waals surface area contributed by atoms with E-state index in [1.54, 1.807) is 12.1 Å². The summed E-state index contributed by atoms with van der Waals surface area (Å²) in [7, 11) is 0. The van der Waals surface area contributed by atoms with Crippen molar-refractivity contribution < 1.29 is 4.79 Å². The second-order valence-corrected chi connectivity index (χ2v) is 6.05. The topological polar surface area (TPSA) is 37.3 Å². The summed E-state index contributed by atoms with van der Waals surface area (Å²) < 4.78 is 2.30. The number of hydrogen-bond acceptors (Lipinski definition) is 1. The zero-order valence-corrected chi connectivity index (χ0v) is 13.6. The van der Waals surface area contributed by atoms with E-state index in [0.717, 1.165) is 18.7 Å². The fourth-order valence-corrected chi connectivity index (χ4v) is 3.33. The molecule has 0 fully saturated rings. The number of carbonyl (C=O) groups is 1. The van der Waals surface area contributed by atoms with Gasteiger partial charge in [-0.25, -0.2) is 4.79 Å². The summed E-state index contributed by atoms with van der Waals surface area (Å²) in [5, 5.41) is 3.57. The Bertz CT molecular complexity index is 695. The maximum Gasteiger partial charge on any atom is 0.322 e. The predicted octanol–water partition coefficient (Wildman–Crippen LogP) is 4.45. The van der Waals surface area contributed by atoms with Crippen molar-refractivity contribution >= 4 is 23.3 Å². The van der Waals surface area contributed by atoms with Gasteiger partial charge in [-0.05, 0) is 43.7 Å². The van der Waals surface area contributed by atoms with E-state index in [2.05, 4.69) is 35.9 Å². The van der Waals surface area contributed by atoms with Crippen LogP contribution in [0.3, 0.4) is 0 Å². The lowest BCUT2D eigenvalue weighted by molar-refractivity contribution is 0.165. The normalized spacial score (nSPS) is 17.2. The van der Waals surface area contributed by atoms with Crippen molar-refractivity contribution in [1.82, 2.24) is 9.47 Å². The molecule has 2 heterocycles. The molecule has 0 saturated carbocycles. The van der Waals surface area contributed by atoms with Gasteiger partial charge in [-0.2, -0.15) is 0 Å². The third-order valence-electron chi connectivity index (χ3n) is 4.24. The number of fused-ring (bicyclic) bond motifs is 1. The monoisotopic (exact) mass is 317 g/mol. The van der Waals surface area contributed by atoms with E-state index in [4.69, 9.17) is 11.6 Å². The summed E-state index contributed by atoms with van der Waals surface area (Å²) >= 11 is 5.97. The Hall–Kier alpha value is -1.94. The van der Waals surface area contributed by atoms with Crippen LogP contribution in [-0.2, 0) is 6.54 Å². The highest BCUT2D eigenvalue weighted by Gasteiger charge is 2.30. The van der Waals surface area contributed by atoms with Gasteiger partial charge < -0.3 is 14.8 Å². The third-order valence-corrected chi connectivity index (χ3v) is 4.47.